The van der Waals surface area contributed by atoms with E-state index in [-0.39, 0.29) is 0 Å². The highest BCUT2D eigenvalue weighted by molar-refractivity contribution is 5.16. The van der Waals surface area contributed by atoms with Gasteiger partial charge >= 0.3 is 0 Å². The smallest absolute Gasteiger partial charge is 0.0542 e. The predicted octanol–water partition coefficient (Wildman–Crippen LogP) is 1.04. The Morgan fingerprint density at radius 2 is 2.36 bits per heavy atom. The molecule has 1 aromatic rings. The Balaban J connectivity index is 1.81. The van der Waals surface area contributed by atoms with Crippen molar-refractivity contribution in [2.75, 3.05) is 6.54 Å². The highest BCUT2D eigenvalue weighted by Gasteiger charge is 2.19. The van der Waals surface area contributed by atoms with E-state index in [1.165, 1.54) is 18.4 Å². The molecule has 1 aliphatic carbocycles. The maximum atomic E-state index is 5.52. The Hall–Kier alpha value is -0.930. The molecule has 1 aliphatic rings. The summed E-state index contributed by atoms with van der Waals surface area (Å²) in [4.78, 5) is 4.16. The molecular formula is C11H17N3. The lowest BCUT2D eigenvalue weighted by Gasteiger charge is -2.04. The molecule has 0 unspecified atom stereocenters. The van der Waals surface area contributed by atoms with Crippen LogP contribution in [0.25, 0.3) is 0 Å². The van der Waals surface area contributed by atoms with Gasteiger partial charge in [-0.3, -0.25) is 4.98 Å². The number of rotatable bonds is 5. The molecule has 1 fully saturated rings. The lowest BCUT2D eigenvalue weighted by Crippen LogP contribution is -2.16. The lowest BCUT2D eigenvalue weighted by molar-refractivity contribution is 0.637. The topological polar surface area (TPSA) is 50.9 Å². The van der Waals surface area contributed by atoms with Gasteiger partial charge < -0.3 is 11.1 Å². The Morgan fingerprint density at radius 3 is 3.07 bits per heavy atom. The Bertz CT molecular complexity index is 294. The highest BCUT2D eigenvalue weighted by Crippen LogP contribution is 2.27. The number of nitrogens with one attached hydrogen (secondary N) is 1. The second-order valence-electron chi connectivity index (χ2n) is 3.93. The van der Waals surface area contributed by atoms with Gasteiger partial charge in [0.15, 0.2) is 0 Å². The van der Waals surface area contributed by atoms with Crippen molar-refractivity contribution < 1.29 is 0 Å². The zero-order valence-electron chi connectivity index (χ0n) is 8.37. The van der Waals surface area contributed by atoms with Crippen molar-refractivity contribution in [3.8, 4) is 0 Å². The van der Waals surface area contributed by atoms with Gasteiger partial charge in [0, 0.05) is 19.3 Å². The SMILES string of the molecule is NCc1cc(CNCC2CC2)ccn1. The van der Waals surface area contributed by atoms with Crippen LogP contribution < -0.4 is 11.1 Å². The first-order valence-corrected chi connectivity index (χ1v) is 5.23. The zero-order chi connectivity index (χ0) is 9.80. The first kappa shape index (κ1) is 9.62. The van der Waals surface area contributed by atoms with Gasteiger partial charge in [0.1, 0.15) is 0 Å². The standard InChI is InChI=1S/C11H17N3/c12-6-11-5-10(3-4-14-11)8-13-7-9-1-2-9/h3-5,9,13H,1-2,6-8,12H2. The van der Waals surface area contributed by atoms with Crippen LogP contribution in [0.1, 0.15) is 24.1 Å². The molecular weight excluding hydrogens is 174 g/mol. The zero-order valence-corrected chi connectivity index (χ0v) is 8.37. The summed E-state index contributed by atoms with van der Waals surface area (Å²) in [5, 5.41) is 3.45. The molecule has 1 aromatic heterocycles. The van der Waals surface area contributed by atoms with Crippen LogP contribution in [-0.2, 0) is 13.1 Å². The molecule has 3 N–H and O–H groups in total. The first-order chi connectivity index (χ1) is 6.88. The third kappa shape index (κ3) is 2.79. The predicted molar refractivity (Wildman–Crippen MR) is 56.6 cm³/mol. The average Bonchev–Trinajstić information content (AvgIpc) is 3.02. The summed E-state index contributed by atoms with van der Waals surface area (Å²) < 4.78 is 0. The molecule has 0 aliphatic heterocycles. The average molecular weight is 191 g/mol. The largest absolute Gasteiger partial charge is 0.325 e. The van der Waals surface area contributed by atoms with Crippen LogP contribution in [-0.4, -0.2) is 11.5 Å². The first-order valence-electron chi connectivity index (χ1n) is 5.23. The molecule has 1 saturated carbocycles. The maximum Gasteiger partial charge on any atom is 0.0542 e. The van der Waals surface area contributed by atoms with Crippen molar-refractivity contribution in [1.82, 2.24) is 10.3 Å². The fourth-order valence-corrected chi connectivity index (χ4v) is 1.49. The molecule has 2 rings (SSSR count). The van der Waals surface area contributed by atoms with Crippen molar-refractivity contribution in [1.29, 1.82) is 0 Å². The molecule has 0 radical (unpaired) electrons. The van der Waals surface area contributed by atoms with Crippen molar-refractivity contribution in [3.05, 3.63) is 29.6 Å². The van der Waals surface area contributed by atoms with E-state index in [1.54, 1.807) is 0 Å². The van der Waals surface area contributed by atoms with Gasteiger partial charge in [-0.15, -0.1) is 0 Å². The summed E-state index contributed by atoms with van der Waals surface area (Å²) in [6.45, 7) is 2.61. The number of pyridine rings is 1. The maximum absolute atomic E-state index is 5.52. The molecule has 0 bridgehead atoms. The summed E-state index contributed by atoms with van der Waals surface area (Å²) in [5.74, 6) is 0.936. The second kappa shape index (κ2) is 4.53. The lowest BCUT2D eigenvalue weighted by atomic mass is 10.2. The van der Waals surface area contributed by atoms with Crippen LogP contribution >= 0.6 is 0 Å². The summed E-state index contributed by atoms with van der Waals surface area (Å²) in [5.41, 5.74) is 7.77. The minimum absolute atomic E-state index is 0.524. The highest BCUT2D eigenvalue weighted by atomic mass is 14.9. The third-order valence-electron chi connectivity index (χ3n) is 2.55. The third-order valence-corrected chi connectivity index (χ3v) is 2.55. The van der Waals surface area contributed by atoms with E-state index < -0.39 is 0 Å². The Morgan fingerprint density at radius 1 is 1.50 bits per heavy atom. The monoisotopic (exact) mass is 191 g/mol. The van der Waals surface area contributed by atoms with Crippen LogP contribution in [0.5, 0.6) is 0 Å². The molecule has 0 amide bonds. The van der Waals surface area contributed by atoms with E-state index in [9.17, 15) is 0 Å². The van der Waals surface area contributed by atoms with Gasteiger partial charge in [0.25, 0.3) is 0 Å². The van der Waals surface area contributed by atoms with Crippen molar-refractivity contribution >= 4 is 0 Å². The molecule has 3 nitrogen and oxygen atoms in total. The number of nitrogens with two attached hydrogens (primary N) is 1. The molecule has 14 heavy (non-hydrogen) atoms. The summed E-state index contributed by atoms with van der Waals surface area (Å²) >= 11 is 0. The van der Waals surface area contributed by atoms with Crippen molar-refractivity contribution in [2.45, 2.75) is 25.9 Å². The minimum atomic E-state index is 0.524. The van der Waals surface area contributed by atoms with Crippen LogP contribution in [0.4, 0.5) is 0 Å². The number of nitrogens with zero attached hydrogens (tertiary/aromatic N) is 1. The van der Waals surface area contributed by atoms with E-state index in [0.29, 0.717) is 6.54 Å². The van der Waals surface area contributed by atoms with Crippen LogP contribution in [0.2, 0.25) is 0 Å². The minimum Gasteiger partial charge on any atom is -0.325 e. The van der Waals surface area contributed by atoms with Gasteiger partial charge in [0.05, 0.1) is 5.69 Å². The summed E-state index contributed by atoms with van der Waals surface area (Å²) in [6.07, 6.45) is 4.63. The van der Waals surface area contributed by atoms with Crippen LogP contribution in [0.3, 0.4) is 0 Å². The van der Waals surface area contributed by atoms with Gasteiger partial charge in [-0.1, -0.05) is 0 Å². The van der Waals surface area contributed by atoms with Crippen molar-refractivity contribution in [2.24, 2.45) is 11.7 Å². The van der Waals surface area contributed by atoms with Crippen molar-refractivity contribution in [3.63, 3.8) is 0 Å². The molecule has 76 valence electrons. The Labute approximate surface area is 84.7 Å². The quantitative estimate of drug-likeness (QED) is 0.731. The molecule has 0 spiro atoms. The van der Waals surface area contributed by atoms with E-state index in [4.69, 9.17) is 5.73 Å². The Kier molecular flexibility index (Phi) is 3.11. The summed E-state index contributed by atoms with van der Waals surface area (Å²) in [6, 6.07) is 4.11. The van der Waals surface area contributed by atoms with Gasteiger partial charge in [0.2, 0.25) is 0 Å². The van der Waals surface area contributed by atoms with E-state index in [0.717, 1.165) is 24.7 Å². The molecule has 0 atom stereocenters. The molecule has 0 saturated heterocycles. The molecule has 0 aromatic carbocycles. The second-order valence-corrected chi connectivity index (χ2v) is 3.93. The van der Waals surface area contributed by atoms with Gasteiger partial charge in [-0.25, -0.2) is 0 Å². The van der Waals surface area contributed by atoms with Gasteiger partial charge in [-0.05, 0) is 43.0 Å². The molecule has 3 heteroatoms. The fraction of sp³-hybridized carbons (Fsp3) is 0.545. The fourth-order valence-electron chi connectivity index (χ4n) is 1.49. The number of hydrogen-bond acceptors (Lipinski definition) is 3. The van der Waals surface area contributed by atoms with E-state index in [1.807, 2.05) is 12.3 Å². The van der Waals surface area contributed by atoms with Crippen LogP contribution in [0, 0.1) is 5.92 Å². The van der Waals surface area contributed by atoms with Crippen LogP contribution in [0.15, 0.2) is 18.3 Å². The summed E-state index contributed by atoms with van der Waals surface area (Å²) in [7, 11) is 0. The number of hydrogen-bond donors (Lipinski definition) is 2. The van der Waals surface area contributed by atoms with Gasteiger partial charge in [-0.2, -0.15) is 0 Å². The number of aromatic nitrogens is 1. The van der Waals surface area contributed by atoms with E-state index >= 15 is 0 Å². The normalized spacial score (nSPS) is 15.8. The molecule has 1 heterocycles. The van der Waals surface area contributed by atoms with E-state index in [2.05, 4.69) is 16.4 Å².